The molecule has 0 bridgehead atoms. The van der Waals surface area contributed by atoms with E-state index in [1.165, 1.54) is 13.3 Å². The first-order valence-electron chi connectivity index (χ1n) is 12.6. The van der Waals surface area contributed by atoms with E-state index in [0.717, 1.165) is 17.1 Å². The number of rotatable bonds is 9. The maximum absolute atomic E-state index is 12.5. The van der Waals surface area contributed by atoms with E-state index in [4.69, 9.17) is 29.9 Å². The van der Waals surface area contributed by atoms with Crippen molar-refractivity contribution in [3.8, 4) is 22.8 Å². The summed E-state index contributed by atoms with van der Waals surface area (Å²) in [5.41, 5.74) is 6.62. The molecule has 1 amide bonds. The first kappa shape index (κ1) is 27.5. The van der Waals surface area contributed by atoms with Crippen LogP contribution in [0.5, 0.6) is 5.75 Å². The van der Waals surface area contributed by atoms with Crippen molar-refractivity contribution in [2.45, 2.75) is 20.5 Å². The molecule has 1 N–H and O–H groups in total. The SMILES string of the molecule is COC(=O)c1ccc(Cl)c(-c2ccc(/C=N/NC(=O)c3ccc(COc4ccc(-n5c(C)ccc5C)cc4)o3)o2)c1. The maximum Gasteiger partial charge on any atom is 0.337 e. The second-order valence-electron chi connectivity index (χ2n) is 9.09. The second kappa shape index (κ2) is 12.0. The van der Waals surface area contributed by atoms with Gasteiger partial charge in [-0.1, -0.05) is 11.6 Å². The van der Waals surface area contributed by atoms with Crippen LogP contribution in [0.25, 0.3) is 17.0 Å². The summed E-state index contributed by atoms with van der Waals surface area (Å²) in [5.74, 6) is 1.02. The lowest BCUT2D eigenvalue weighted by Gasteiger charge is -2.10. The molecule has 0 unspecified atom stereocenters. The molecule has 0 fully saturated rings. The van der Waals surface area contributed by atoms with Crippen molar-refractivity contribution in [3.63, 3.8) is 0 Å². The van der Waals surface area contributed by atoms with Crippen molar-refractivity contribution in [2.24, 2.45) is 5.10 Å². The van der Waals surface area contributed by atoms with Crippen LogP contribution >= 0.6 is 11.6 Å². The number of nitrogens with one attached hydrogen (secondary N) is 1. The number of aromatic nitrogens is 1. The van der Waals surface area contributed by atoms with Crippen LogP contribution in [0.1, 0.15) is 43.8 Å². The number of aryl methyl sites for hydroxylation is 2. The van der Waals surface area contributed by atoms with E-state index in [1.807, 2.05) is 24.3 Å². The third-order valence-corrected chi connectivity index (χ3v) is 6.60. The number of hydrogen-bond acceptors (Lipinski definition) is 7. The highest BCUT2D eigenvalue weighted by Gasteiger charge is 2.14. The Bertz CT molecular complexity index is 1710. The zero-order valence-corrected chi connectivity index (χ0v) is 23.3. The molecule has 0 atom stereocenters. The molecule has 5 rings (SSSR count). The Balaban J connectivity index is 1.15. The third-order valence-electron chi connectivity index (χ3n) is 6.27. The molecular weight excluding hydrogens is 546 g/mol. The van der Waals surface area contributed by atoms with E-state index in [1.54, 1.807) is 42.5 Å². The third kappa shape index (κ3) is 6.26. The van der Waals surface area contributed by atoms with Gasteiger partial charge in [-0.2, -0.15) is 5.10 Å². The number of hydrogen-bond donors (Lipinski definition) is 1. The van der Waals surface area contributed by atoms with Crippen LogP contribution in [0, 0.1) is 13.8 Å². The van der Waals surface area contributed by atoms with Crippen molar-refractivity contribution < 1.29 is 27.9 Å². The average Bonchev–Trinajstić information content (AvgIpc) is 3.73. The Hall–Kier alpha value is -5.02. The second-order valence-corrected chi connectivity index (χ2v) is 9.49. The van der Waals surface area contributed by atoms with Gasteiger partial charge in [0, 0.05) is 22.6 Å². The molecule has 3 heterocycles. The van der Waals surface area contributed by atoms with Gasteiger partial charge < -0.3 is 22.9 Å². The zero-order valence-electron chi connectivity index (χ0n) is 22.5. The van der Waals surface area contributed by atoms with Gasteiger partial charge in [-0.25, -0.2) is 10.2 Å². The van der Waals surface area contributed by atoms with Gasteiger partial charge in [-0.15, -0.1) is 0 Å². The van der Waals surface area contributed by atoms with Crippen LogP contribution in [0.15, 0.2) is 92.8 Å². The Morgan fingerprint density at radius 1 is 0.951 bits per heavy atom. The van der Waals surface area contributed by atoms with Gasteiger partial charge in [-0.3, -0.25) is 4.79 Å². The summed E-state index contributed by atoms with van der Waals surface area (Å²) < 4.78 is 24.1. The lowest BCUT2D eigenvalue weighted by Crippen LogP contribution is -2.16. The van der Waals surface area contributed by atoms with Gasteiger partial charge in [0.05, 0.1) is 23.9 Å². The van der Waals surface area contributed by atoms with Gasteiger partial charge >= 0.3 is 11.9 Å². The number of benzene rings is 2. The smallest absolute Gasteiger partial charge is 0.337 e. The number of amides is 1. The van der Waals surface area contributed by atoms with Crippen LogP contribution in [0.3, 0.4) is 0 Å². The number of carbonyl (C=O) groups excluding carboxylic acids is 2. The lowest BCUT2D eigenvalue weighted by atomic mass is 10.1. The number of ether oxygens (including phenoxy) is 2. The largest absolute Gasteiger partial charge is 0.486 e. The molecule has 0 aliphatic rings. The summed E-state index contributed by atoms with van der Waals surface area (Å²) in [7, 11) is 1.30. The normalized spacial score (nSPS) is 11.1. The van der Waals surface area contributed by atoms with Gasteiger partial charge in [0.2, 0.25) is 0 Å². The van der Waals surface area contributed by atoms with E-state index in [9.17, 15) is 9.59 Å². The van der Waals surface area contributed by atoms with Crippen LogP contribution in [0.4, 0.5) is 0 Å². The standard InChI is InChI=1S/C31H26ClN3O6/c1-19-4-5-20(2)35(19)22-7-9-23(10-8-22)39-18-25-12-15-29(41-25)30(36)34-33-17-24-11-14-28(40-24)26-16-21(31(37)38-3)6-13-27(26)32/h4-17H,18H2,1-3H3,(H,34,36)/b33-17+. The quantitative estimate of drug-likeness (QED) is 0.119. The Morgan fingerprint density at radius 2 is 1.71 bits per heavy atom. The summed E-state index contributed by atoms with van der Waals surface area (Å²) in [6.07, 6.45) is 1.34. The lowest BCUT2D eigenvalue weighted by molar-refractivity contribution is 0.0600. The van der Waals surface area contributed by atoms with E-state index < -0.39 is 11.9 Å². The number of furan rings is 2. The molecule has 0 radical (unpaired) electrons. The fraction of sp³-hybridized carbons (Fsp3) is 0.129. The minimum atomic E-state index is -0.532. The molecule has 3 aromatic heterocycles. The number of carbonyl (C=O) groups is 2. The maximum atomic E-state index is 12.5. The van der Waals surface area contributed by atoms with Crippen LogP contribution in [0.2, 0.25) is 5.02 Å². The molecule has 41 heavy (non-hydrogen) atoms. The van der Waals surface area contributed by atoms with Crippen molar-refractivity contribution in [1.29, 1.82) is 0 Å². The van der Waals surface area contributed by atoms with Gasteiger partial charge in [-0.05, 0) is 92.7 Å². The van der Waals surface area contributed by atoms with E-state index in [0.29, 0.717) is 39.2 Å². The molecule has 0 spiro atoms. The summed E-state index contributed by atoms with van der Waals surface area (Å²) in [6, 6.07) is 23.2. The number of halogens is 1. The van der Waals surface area contributed by atoms with E-state index in [2.05, 4.69) is 41.1 Å². The summed E-state index contributed by atoms with van der Waals surface area (Å²) in [5, 5.41) is 4.34. The Morgan fingerprint density at radius 3 is 2.44 bits per heavy atom. The van der Waals surface area contributed by atoms with Crippen molar-refractivity contribution >= 4 is 29.7 Å². The number of nitrogens with zero attached hydrogens (tertiary/aromatic N) is 2. The van der Waals surface area contributed by atoms with Crippen LogP contribution in [-0.2, 0) is 11.3 Å². The Labute approximate surface area is 240 Å². The van der Waals surface area contributed by atoms with Gasteiger partial charge in [0.1, 0.15) is 29.6 Å². The van der Waals surface area contributed by atoms with E-state index in [-0.39, 0.29) is 12.4 Å². The molecule has 2 aromatic carbocycles. The van der Waals surface area contributed by atoms with Crippen molar-refractivity contribution in [3.05, 3.63) is 118 Å². The predicted molar refractivity (Wildman–Crippen MR) is 154 cm³/mol. The number of esters is 1. The average molecular weight is 572 g/mol. The highest BCUT2D eigenvalue weighted by Crippen LogP contribution is 2.30. The molecule has 9 nitrogen and oxygen atoms in total. The first-order chi connectivity index (χ1) is 19.8. The first-order valence-corrected chi connectivity index (χ1v) is 13.0. The minimum absolute atomic E-state index is 0.0844. The minimum Gasteiger partial charge on any atom is -0.486 e. The zero-order chi connectivity index (χ0) is 28.9. The molecule has 10 heteroatoms. The number of hydrazone groups is 1. The Kier molecular flexibility index (Phi) is 8.07. The van der Waals surface area contributed by atoms with E-state index >= 15 is 0 Å². The highest BCUT2D eigenvalue weighted by molar-refractivity contribution is 6.33. The molecule has 0 aliphatic heterocycles. The molecule has 0 aliphatic carbocycles. The molecule has 5 aromatic rings. The fourth-order valence-electron chi connectivity index (χ4n) is 4.23. The summed E-state index contributed by atoms with van der Waals surface area (Å²) in [6.45, 7) is 4.28. The van der Waals surface area contributed by atoms with Crippen molar-refractivity contribution in [2.75, 3.05) is 7.11 Å². The topological polar surface area (TPSA) is 108 Å². The van der Waals surface area contributed by atoms with Gasteiger partial charge in [0.25, 0.3) is 0 Å². The summed E-state index contributed by atoms with van der Waals surface area (Å²) >= 11 is 6.27. The van der Waals surface area contributed by atoms with Crippen LogP contribution in [-0.4, -0.2) is 29.8 Å². The van der Waals surface area contributed by atoms with Crippen LogP contribution < -0.4 is 10.2 Å². The summed E-state index contributed by atoms with van der Waals surface area (Å²) in [4.78, 5) is 24.3. The molecule has 0 saturated carbocycles. The molecular formula is C31H26ClN3O6. The molecule has 208 valence electrons. The number of methoxy groups -OCH3 is 1. The predicted octanol–water partition coefficient (Wildman–Crippen LogP) is 6.73. The fourth-order valence-corrected chi connectivity index (χ4v) is 4.45. The highest BCUT2D eigenvalue weighted by atomic mass is 35.5. The van der Waals surface area contributed by atoms with Gasteiger partial charge in [0.15, 0.2) is 5.76 Å². The van der Waals surface area contributed by atoms with Crippen molar-refractivity contribution in [1.82, 2.24) is 9.99 Å². The molecule has 0 saturated heterocycles. The monoisotopic (exact) mass is 571 g/mol.